The minimum Gasteiger partial charge on any atom is -0.384 e. The molecule has 162 valence electrons. The molecule has 0 aliphatic rings. The number of halogens is 2. The van der Waals surface area contributed by atoms with Crippen molar-refractivity contribution >= 4 is 33.2 Å². The normalized spacial score (nSPS) is 14.7. The van der Waals surface area contributed by atoms with Gasteiger partial charge in [-0.05, 0) is 43.5 Å². The number of aliphatic hydroxyl groups is 1. The number of aromatic nitrogens is 1. The summed E-state index contributed by atoms with van der Waals surface area (Å²) in [5.41, 5.74) is -1.23. The summed E-state index contributed by atoms with van der Waals surface area (Å²) in [6.07, 6.45) is 3.29. The lowest BCUT2D eigenvalue weighted by atomic mass is 9.95. The Labute approximate surface area is 182 Å². The van der Waals surface area contributed by atoms with Crippen LogP contribution in [-0.2, 0) is 15.6 Å². The molecule has 0 radical (unpaired) electrons. The molecule has 2 aromatic carbocycles. The Hall–Kier alpha value is -2.10. The van der Waals surface area contributed by atoms with Crippen LogP contribution >= 0.6 is 12.4 Å². The topological polar surface area (TPSA) is 91.3 Å². The van der Waals surface area contributed by atoms with E-state index in [0.29, 0.717) is 0 Å². The van der Waals surface area contributed by atoms with Crippen LogP contribution in [0.3, 0.4) is 0 Å². The Bertz CT molecular complexity index is 1110. The van der Waals surface area contributed by atoms with Crippen molar-refractivity contribution in [3.8, 4) is 0 Å². The standard InChI is InChI=1S/C21H24FN3O3S.ClH/c1-15(12-24-14-21(2,26)19-5-3-4-6-20(19)22)25-29(27,28)18-8-7-17-13-23-10-9-16(17)11-18;/h3-11,13,15,24-26H,12,14H2,1-2H3;1H/t15-,21?;/m1./s1. The molecule has 6 nitrogen and oxygen atoms in total. The largest absolute Gasteiger partial charge is 0.384 e. The molecule has 30 heavy (non-hydrogen) atoms. The highest BCUT2D eigenvalue weighted by Gasteiger charge is 2.26. The minimum absolute atomic E-state index is 0. The van der Waals surface area contributed by atoms with Crippen LogP contribution in [0.4, 0.5) is 4.39 Å². The zero-order valence-electron chi connectivity index (χ0n) is 16.7. The molecule has 0 fully saturated rings. The number of benzene rings is 2. The monoisotopic (exact) mass is 453 g/mol. The van der Waals surface area contributed by atoms with Crippen LogP contribution in [0.2, 0.25) is 0 Å². The van der Waals surface area contributed by atoms with E-state index in [2.05, 4.69) is 15.0 Å². The van der Waals surface area contributed by atoms with Crippen LogP contribution in [0, 0.1) is 5.82 Å². The number of hydrogen-bond donors (Lipinski definition) is 3. The van der Waals surface area contributed by atoms with Gasteiger partial charge in [-0.25, -0.2) is 17.5 Å². The van der Waals surface area contributed by atoms with Gasteiger partial charge in [0.1, 0.15) is 11.4 Å². The van der Waals surface area contributed by atoms with Gasteiger partial charge < -0.3 is 10.4 Å². The highest BCUT2D eigenvalue weighted by Crippen LogP contribution is 2.22. The summed E-state index contributed by atoms with van der Waals surface area (Å²) in [5, 5.41) is 15.2. The molecule has 3 aromatic rings. The fourth-order valence-electron chi connectivity index (χ4n) is 3.13. The number of pyridine rings is 1. The van der Waals surface area contributed by atoms with E-state index in [9.17, 15) is 17.9 Å². The summed E-state index contributed by atoms with van der Waals surface area (Å²) in [6, 6.07) is 12.2. The summed E-state index contributed by atoms with van der Waals surface area (Å²) in [6.45, 7) is 3.56. The molecular formula is C21H25ClFN3O3S. The van der Waals surface area contributed by atoms with Gasteiger partial charge in [0, 0.05) is 42.5 Å². The second kappa shape index (κ2) is 9.80. The second-order valence-electron chi connectivity index (χ2n) is 7.29. The van der Waals surface area contributed by atoms with Crippen LogP contribution in [0.5, 0.6) is 0 Å². The fraction of sp³-hybridized carbons (Fsp3) is 0.286. The Morgan fingerprint density at radius 3 is 2.63 bits per heavy atom. The predicted molar refractivity (Wildman–Crippen MR) is 118 cm³/mol. The van der Waals surface area contributed by atoms with E-state index >= 15 is 0 Å². The van der Waals surface area contributed by atoms with E-state index in [0.717, 1.165) is 10.8 Å². The maximum atomic E-state index is 13.9. The highest BCUT2D eigenvalue weighted by molar-refractivity contribution is 7.89. The lowest BCUT2D eigenvalue weighted by Crippen LogP contribution is -2.44. The van der Waals surface area contributed by atoms with E-state index in [1.54, 1.807) is 49.6 Å². The molecule has 0 bridgehead atoms. The van der Waals surface area contributed by atoms with E-state index in [1.165, 1.54) is 25.1 Å². The Morgan fingerprint density at radius 1 is 1.17 bits per heavy atom. The molecular weight excluding hydrogens is 429 g/mol. The average Bonchev–Trinajstić information content (AvgIpc) is 2.67. The first-order valence-corrected chi connectivity index (χ1v) is 10.7. The van der Waals surface area contributed by atoms with Crippen molar-refractivity contribution in [2.75, 3.05) is 13.1 Å². The smallest absolute Gasteiger partial charge is 0.240 e. The molecule has 3 N–H and O–H groups in total. The second-order valence-corrected chi connectivity index (χ2v) is 9.01. The summed E-state index contributed by atoms with van der Waals surface area (Å²) in [5.74, 6) is -0.487. The van der Waals surface area contributed by atoms with Gasteiger partial charge in [0.2, 0.25) is 10.0 Å². The van der Waals surface area contributed by atoms with Gasteiger partial charge in [-0.15, -0.1) is 12.4 Å². The maximum absolute atomic E-state index is 13.9. The average molecular weight is 454 g/mol. The predicted octanol–water partition coefficient (Wildman–Crippen LogP) is 2.96. The Morgan fingerprint density at radius 2 is 1.90 bits per heavy atom. The van der Waals surface area contributed by atoms with Crippen LogP contribution in [0.1, 0.15) is 19.4 Å². The van der Waals surface area contributed by atoms with E-state index in [4.69, 9.17) is 0 Å². The minimum atomic E-state index is -3.71. The number of hydrogen-bond acceptors (Lipinski definition) is 5. The first kappa shape index (κ1) is 24.2. The molecule has 1 heterocycles. The third kappa shape index (κ3) is 5.74. The zero-order chi connectivity index (χ0) is 21.1. The van der Waals surface area contributed by atoms with Crippen molar-refractivity contribution in [2.24, 2.45) is 0 Å². The number of nitrogens with one attached hydrogen (secondary N) is 2. The molecule has 0 saturated carbocycles. The van der Waals surface area contributed by atoms with Crippen molar-refractivity contribution in [2.45, 2.75) is 30.4 Å². The van der Waals surface area contributed by atoms with Gasteiger partial charge in [0.25, 0.3) is 0 Å². The summed E-state index contributed by atoms with van der Waals surface area (Å²) in [4.78, 5) is 4.18. The molecule has 0 amide bonds. The van der Waals surface area contributed by atoms with Crippen molar-refractivity contribution in [3.63, 3.8) is 0 Å². The van der Waals surface area contributed by atoms with Crippen molar-refractivity contribution in [1.29, 1.82) is 0 Å². The van der Waals surface area contributed by atoms with Crippen LogP contribution in [0.25, 0.3) is 10.8 Å². The van der Waals surface area contributed by atoms with E-state index < -0.39 is 27.5 Å². The summed E-state index contributed by atoms with van der Waals surface area (Å²) in [7, 11) is -3.71. The van der Waals surface area contributed by atoms with Crippen LogP contribution < -0.4 is 10.0 Å². The lowest BCUT2D eigenvalue weighted by molar-refractivity contribution is 0.0531. The molecule has 9 heteroatoms. The molecule has 2 atom stereocenters. The van der Waals surface area contributed by atoms with Crippen molar-refractivity contribution in [3.05, 3.63) is 72.3 Å². The molecule has 0 aliphatic heterocycles. The number of nitrogens with zero attached hydrogens (tertiary/aromatic N) is 1. The van der Waals surface area contributed by atoms with E-state index in [1.807, 2.05) is 0 Å². The number of fused-ring (bicyclic) bond motifs is 1. The molecule has 0 spiro atoms. The van der Waals surface area contributed by atoms with Gasteiger partial charge in [-0.1, -0.05) is 24.3 Å². The SMILES string of the molecule is C[C@H](CNCC(C)(O)c1ccccc1F)NS(=O)(=O)c1ccc2cnccc2c1.Cl. The van der Waals surface area contributed by atoms with Gasteiger partial charge in [0.05, 0.1) is 4.90 Å². The van der Waals surface area contributed by atoms with Crippen molar-refractivity contribution < 1.29 is 17.9 Å². The first-order chi connectivity index (χ1) is 13.7. The molecule has 1 unspecified atom stereocenters. The van der Waals surface area contributed by atoms with Crippen molar-refractivity contribution in [1.82, 2.24) is 15.0 Å². The van der Waals surface area contributed by atoms with Gasteiger partial charge in [0.15, 0.2) is 0 Å². The fourth-order valence-corrected chi connectivity index (χ4v) is 4.41. The number of sulfonamides is 1. The summed E-state index contributed by atoms with van der Waals surface area (Å²) < 4.78 is 41.8. The maximum Gasteiger partial charge on any atom is 0.240 e. The molecule has 0 aliphatic carbocycles. The quantitative estimate of drug-likeness (QED) is 0.487. The van der Waals surface area contributed by atoms with Crippen LogP contribution in [-0.4, -0.2) is 37.6 Å². The molecule has 0 saturated heterocycles. The zero-order valence-corrected chi connectivity index (χ0v) is 18.3. The molecule has 3 rings (SSSR count). The summed E-state index contributed by atoms with van der Waals surface area (Å²) >= 11 is 0. The van der Waals surface area contributed by atoms with Gasteiger partial charge >= 0.3 is 0 Å². The lowest BCUT2D eigenvalue weighted by Gasteiger charge is -2.26. The number of rotatable bonds is 8. The Balaban J connectivity index is 0.00000320. The third-order valence-electron chi connectivity index (χ3n) is 4.65. The molecule has 1 aromatic heterocycles. The highest BCUT2D eigenvalue weighted by atomic mass is 35.5. The van der Waals surface area contributed by atoms with Crippen LogP contribution in [0.15, 0.2) is 65.8 Å². The van der Waals surface area contributed by atoms with Gasteiger partial charge in [-0.2, -0.15) is 0 Å². The first-order valence-electron chi connectivity index (χ1n) is 9.23. The Kier molecular flexibility index (Phi) is 7.90. The van der Waals surface area contributed by atoms with E-state index in [-0.39, 0.29) is 36.0 Å². The van der Waals surface area contributed by atoms with Gasteiger partial charge in [-0.3, -0.25) is 4.98 Å². The third-order valence-corrected chi connectivity index (χ3v) is 6.24.